The molecule has 0 N–H and O–H groups in total. The molecule has 0 amide bonds. The molecule has 3 nitrogen and oxygen atoms in total. The van der Waals surface area contributed by atoms with E-state index in [1.165, 1.54) is 6.20 Å². The van der Waals surface area contributed by atoms with Gasteiger partial charge in [0, 0.05) is 11.2 Å². The van der Waals surface area contributed by atoms with Crippen molar-refractivity contribution < 1.29 is 4.85 Å². The van der Waals surface area contributed by atoms with Crippen LogP contribution < -0.4 is 4.85 Å². The largest absolute Gasteiger partial charge is 0.594 e. The van der Waals surface area contributed by atoms with Gasteiger partial charge in [-0.1, -0.05) is 4.85 Å². The zero-order valence-electron chi connectivity index (χ0n) is 5.46. The van der Waals surface area contributed by atoms with Gasteiger partial charge in [-0.3, -0.25) is 0 Å². The molecule has 0 unspecified atom stereocenters. The first-order valence-corrected chi connectivity index (χ1v) is 2.74. The minimum atomic E-state index is 0.558. The van der Waals surface area contributed by atoms with Gasteiger partial charge in [0.25, 0.3) is 0 Å². The number of hydrogen-bond donors (Lipinski definition) is 0. The molecule has 1 heterocycles. The third-order valence-electron chi connectivity index (χ3n) is 1.27. The van der Waals surface area contributed by atoms with E-state index in [1.807, 2.05) is 13.8 Å². The van der Waals surface area contributed by atoms with Gasteiger partial charge < -0.3 is 5.21 Å². The summed E-state index contributed by atoms with van der Waals surface area (Å²) in [6.07, 6.45) is 1.39. The standard InChI is InChI=1S/C6H8N2O/c1-5-3-4-8(9)7-6(5)2/h3-4H,1-2H3. The summed E-state index contributed by atoms with van der Waals surface area (Å²) in [5, 5.41) is 14.1. The number of nitrogens with zero attached hydrogens (tertiary/aromatic N) is 2. The first-order chi connectivity index (χ1) is 4.20. The Kier molecular flexibility index (Phi) is 1.34. The van der Waals surface area contributed by atoms with Crippen molar-refractivity contribution in [2.75, 3.05) is 0 Å². The van der Waals surface area contributed by atoms with Crippen molar-refractivity contribution >= 4 is 0 Å². The molecular weight excluding hydrogens is 116 g/mol. The summed E-state index contributed by atoms with van der Waals surface area (Å²) in [5.74, 6) is 0. The van der Waals surface area contributed by atoms with E-state index in [0.29, 0.717) is 4.85 Å². The van der Waals surface area contributed by atoms with Crippen LogP contribution in [0.4, 0.5) is 0 Å². The third kappa shape index (κ3) is 1.16. The molecule has 48 valence electrons. The van der Waals surface area contributed by atoms with Gasteiger partial charge in [0.05, 0.1) is 0 Å². The minimum Gasteiger partial charge on any atom is -0.594 e. The molecule has 0 aromatic carbocycles. The predicted octanol–water partition coefficient (Wildman–Crippen LogP) is 0.332. The monoisotopic (exact) mass is 124 g/mol. The topological polar surface area (TPSA) is 39.8 Å². The van der Waals surface area contributed by atoms with Crippen LogP contribution in [0.15, 0.2) is 12.3 Å². The Morgan fingerprint density at radius 3 is 2.67 bits per heavy atom. The Bertz CT molecular complexity index is 222. The smallest absolute Gasteiger partial charge is 0.210 e. The van der Waals surface area contributed by atoms with Crippen molar-refractivity contribution in [2.24, 2.45) is 0 Å². The molecule has 0 aliphatic heterocycles. The highest BCUT2D eigenvalue weighted by molar-refractivity contribution is 5.10. The van der Waals surface area contributed by atoms with Gasteiger partial charge in [-0.25, -0.2) is 0 Å². The molecule has 0 bridgehead atoms. The Balaban J connectivity index is 3.17. The highest BCUT2D eigenvalue weighted by Gasteiger charge is 1.95. The summed E-state index contributed by atoms with van der Waals surface area (Å²) in [5.41, 5.74) is 1.83. The molecule has 0 saturated heterocycles. The Hall–Kier alpha value is -1.12. The van der Waals surface area contributed by atoms with Crippen molar-refractivity contribution in [1.82, 2.24) is 5.10 Å². The maximum absolute atomic E-state index is 10.4. The molecular formula is C6H8N2O. The van der Waals surface area contributed by atoms with Gasteiger partial charge in [0.15, 0.2) is 0 Å². The van der Waals surface area contributed by atoms with E-state index in [4.69, 9.17) is 0 Å². The van der Waals surface area contributed by atoms with Gasteiger partial charge in [-0.2, -0.15) is 0 Å². The Morgan fingerprint density at radius 1 is 1.56 bits per heavy atom. The second kappa shape index (κ2) is 2.01. The van der Waals surface area contributed by atoms with Gasteiger partial charge >= 0.3 is 0 Å². The number of aromatic nitrogens is 2. The van der Waals surface area contributed by atoms with Crippen LogP contribution >= 0.6 is 0 Å². The Morgan fingerprint density at radius 2 is 2.22 bits per heavy atom. The number of aryl methyl sites for hydroxylation is 2. The predicted molar refractivity (Wildman–Crippen MR) is 32.7 cm³/mol. The first-order valence-electron chi connectivity index (χ1n) is 2.74. The summed E-state index contributed by atoms with van der Waals surface area (Å²) in [6.45, 7) is 3.73. The first kappa shape index (κ1) is 6.01. The zero-order chi connectivity index (χ0) is 6.85. The molecule has 0 radical (unpaired) electrons. The van der Waals surface area contributed by atoms with E-state index in [2.05, 4.69) is 5.10 Å². The fraction of sp³-hybridized carbons (Fsp3) is 0.333. The molecule has 1 aromatic rings. The average molecular weight is 124 g/mol. The van der Waals surface area contributed by atoms with Gasteiger partial charge in [-0.15, -0.1) is 0 Å². The van der Waals surface area contributed by atoms with Crippen LogP contribution in [0.3, 0.4) is 0 Å². The number of rotatable bonds is 0. The molecule has 0 fully saturated rings. The fourth-order valence-electron chi connectivity index (χ4n) is 0.556. The van der Waals surface area contributed by atoms with Crippen molar-refractivity contribution in [3.63, 3.8) is 0 Å². The molecule has 1 rings (SSSR count). The van der Waals surface area contributed by atoms with Gasteiger partial charge in [0.1, 0.15) is 5.69 Å². The SMILES string of the molecule is Cc1cc[n+]([O-])nc1C. The average Bonchev–Trinajstić information content (AvgIpc) is 1.80. The third-order valence-corrected chi connectivity index (χ3v) is 1.27. The van der Waals surface area contributed by atoms with E-state index in [9.17, 15) is 5.21 Å². The van der Waals surface area contributed by atoms with Crippen LogP contribution in [-0.2, 0) is 0 Å². The zero-order valence-corrected chi connectivity index (χ0v) is 5.46. The quantitative estimate of drug-likeness (QED) is 0.369. The Labute approximate surface area is 53.5 Å². The normalized spacial score (nSPS) is 9.56. The lowest BCUT2D eigenvalue weighted by atomic mass is 10.3. The summed E-state index contributed by atoms with van der Waals surface area (Å²) in [4.78, 5) is 0.558. The molecule has 0 aliphatic rings. The van der Waals surface area contributed by atoms with E-state index in [1.54, 1.807) is 6.07 Å². The number of hydrogen-bond acceptors (Lipinski definition) is 2. The summed E-state index contributed by atoms with van der Waals surface area (Å²) < 4.78 is 0. The van der Waals surface area contributed by atoms with Crippen LogP contribution in [0.1, 0.15) is 11.3 Å². The van der Waals surface area contributed by atoms with Crippen LogP contribution in [0.2, 0.25) is 0 Å². The summed E-state index contributed by atoms with van der Waals surface area (Å²) in [6, 6.07) is 1.75. The van der Waals surface area contributed by atoms with Crippen molar-refractivity contribution in [3.05, 3.63) is 28.7 Å². The second-order valence-electron chi connectivity index (χ2n) is 1.99. The molecule has 0 aliphatic carbocycles. The molecule has 1 aromatic heterocycles. The summed E-state index contributed by atoms with van der Waals surface area (Å²) in [7, 11) is 0. The highest BCUT2D eigenvalue weighted by Crippen LogP contribution is 1.95. The fourth-order valence-corrected chi connectivity index (χ4v) is 0.556. The maximum atomic E-state index is 10.4. The summed E-state index contributed by atoms with van der Waals surface area (Å²) >= 11 is 0. The van der Waals surface area contributed by atoms with Crippen molar-refractivity contribution in [1.29, 1.82) is 0 Å². The lowest BCUT2D eigenvalue weighted by Gasteiger charge is -1.94. The minimum absolute atomic E-state index is 0.558. The van der Waals surface area contributed by atoms with E-state index >= 15 is 0 Å². The van der Waals surface area contributed by atoms with Gasteiger partial charge in [0.2, 0.25) is 6.20 Å². The maximum Gasteiger partial charge on any atom is 0.210 e. The van der Waals surface area contributed by atoms with E-state index in [0.717, 1.165) is 11.3 Å². The van der Waals surface area contributed by atoms with Crippen LogP contribution in [0.5, 0.6) is 0 Å². The molecule has 3 heteroatoms. The van der Waals surface area contributed by atoms with Crippen molar-refractivity contribution in [2.45, 2.75) is 13.8 Å². The molecule has 9 heavy (non-hydrogen) atoms. The van der Waals surface area contributed by atoms with Crippen LogP contribution in [0, 0.1) is 19.1 Å². The molecule has 0 saturated carbocycles. The second-order valence-corrected chi connectivity index (χ2v) is 1.99. The van der Waals surface area contributed by atoms with Crippen molar-refractivity contribution in [3.8, 4) is 0 Å². The van der Waals surface area contributed by atoms with Crippen LogP contribution in [0.25, 0.3) is 0 Å². The van der Waals surface area contributed by atoms with E-state index < -0.39 is 0 Å². The molecule has 0 spiro atoms. The highest BCUT2D eigenvalue weighted by atomic mass is 16.5. The van der Waals surface area contributed by atoms with Crippen LogP contribution in [-0.4, -0.2) is 5.10 Å². The van der Waals surface area contributed by atoms with E-state index in [-0.39, 0.29) is 0 Å². The lowest BCUT2D eigenvalue weighted by molar-refractivity contribution is -0.669. The molecule has 0 atom stereocenters. The lowest BCUT2D eigenvalue weighted by Crippen LogP contribution is -2.31. The van der Waals surface area contributed by atoms with Gasteiger partial charge in [-0.05, 0) is 19.4 Å².